The van der Waals surface area contributed by atoms with E-state index >= 15 is 0 Å². The Morgan fingerprint density at radius 2 is 1.62 bits per heavy atom. The van der Waals surface area contributed by atoms with Gasteiger partial charge in [0, 0.05) is 26.1 Å². The summed E-state index contributed by atoms with van der Waals surface area (Å²) in [5.74, 6) is 1.27. The fourth-order valence-electron chi connectivity index (χ4n) is 3.68. The summed E-state index contributed by atoms with van der Waals surface area (Å²) in [5.41, 5.74) is 0.311. The summed E-state index contributed by atoms with van der Waals surface area (Å²) in [7, 11) is 1.59. The van der Waals surface area contributed by atoms with E-state index in [0.29, 0.717) is 44.2 Å². The number of carbonyl (C=O) groups is 2. The van der Waals surface area contributed by atoms with E-state index in [-0.39, 0.29) is 12.6 Å². The molecule has 1 saturated heterocycles. The van der Waals surface area contributed by atoms with Crippen molar-refractivity contribution in [2.45, 2.75) is 45.4 Å². The minimum atomic E-state index is -0.610. The highest BCUT2D eigenvalue weighted by Gasteiger charge is 2.35. The summed E-state index contributed by atoms with van der Waals surface area (Å²) in [6.07, 6.45) is -0.282. The second-order valence-corrected chi connectivity index (χ2v) is 9.10. The molecule has 34 heavy (non-hydrogen) atoms. The van der Waals surface area contributed by atoms with E-state index in [2.05, 4.69) is 0 Å². The van der Waals surface area contributed by atoms with Crippen LogP contribution in [0.5, 0.6) is 11.5 Å². The van der Waals surface area contributed by atoms with Crippen LogP contribution in [0.2, 0.25) is 0 Å². The maximum absolute atomic E-state index is 12.9. The molecule has 0 unspecified atom stereocenters. The van der Waals surface area contributed by atoms with Gasteiger partial charge in [0.1, 0.15) is 12.2 Å². The van der Waals surface area contributed by atoms with Gasteiger partial charge in [0.2, 0.25) is 0 Å². The molecule has 0 aromatic heterocycles. The Kier molecular flexibility index (Phi) is 8.62. The van der Waals surface area contributed by atoms with Crippen LogP contribution in [0.25, 0.3) is 0 Å². The molecule has 1 aliphatic rings. The molecule has 0 saturated carbocycles. The average Bonchev–Trinajstić information content (AvgIpc) is 2.82. The first kappa shape index (κ1) is 25.2. The SMILES string of the molecule is COc1ccccc1OCC[C@@H]1CN(C(=O)OCc2ccccc2)CCN1C(=O)OC(C)(C)C. The van der Waals surface area contributed by atoms with Crippen molar-refractivity contribution in [1.29, 1.82) is 0 Å². The van der Waals surface area contributed by atoms with E-state index in [1.165, 1.54) is 0 Å². The fraction of sp³-hybridized carbons (Fsp3) is 0.462. The van der Waals surface area contributed by atoms with Crippen molar-refractivity contribution in [3.8, 4) is 11.5 Å². The molecule has 1 heterocycles. The number of methoxy groups -OCH3 is 1. The van der Waals surface area contributed by atoms with Crippen LogP contribution in [0, 0.1) is 0 Å². The summed E-state index contributed by atoms with van der Waals surface area (Å²) in [6, 6.07) is 16.7. The Hall–Kier alpha value is -3.42. The lowest BCUT2D eigenvalue weighted by Crippen LogP contribution is -2.57. The number of hydrogen-bond acceptors (Lipinski definition) is 6. The number of rotatable bonds is 7. The number of para-hydroxylation sites is 2. The van der Waals surface area contributed by atoms with E-state index in [1.807, 2.05) is 75.4 Å². The Balaban J connectivity index is 1.63. The van der Waals surface area contributed by atoms with Crippen molar-refractivity contribution in [1.82, 2.24) is 9.80 Å². The first-order chi connectivity index (χ1) is 16.3. The zero-order valence-corrected chi connectivity index (χ0v) is 20.4. The molecule has 0 bridgehead atoms. The van der Waals surface area contributed by atoms with Gasteiger partial charge in [0.05, 0.1) is 19.8 Å². The van der Waals surface area contributed by atoms with Gasteiger partial charge in [0.15, 0.2) is 11.5 Å². The lowest BCUT2D eigenvalue weighted by atomic mass is 10.1. The van der Waals surface area contributed by atoms with Crippen molar-refractivity contribution >= 4 is 12.2 Å². The van der Waals surface area contributed by atoms with Gasteiger partial charge >= 0.3 is 12.2 Å². The number of hydrogen-bond donors (Lipinski definition) is 0. The highest BCUT2D eigenvalue weighted by atomic mass is 16.6. The smallest absolute Gasteiger partial charge is 0.410 e. The van der Waals surface area contributed by atoms with Gasteiger partial charge in [-0.3, -0.25) is 0 Å². The highest BCUT2D eigenvalue weighted by Crippen LogP contribution is 2.26. The molecule has 0 aliphatic carbocycles. The Labute approximate surface area is 201 Å². The monoisotopic (exact) mass is 470 g/mol. The van der Waals surface area contributed by atoms with Gasteiger partial charge in [-0.05, 0) is 38.5 Å². The number of carbonyl (C=O) groups excluding carboxylic acids is 2. The third kappa shape index (κ3) is 7.30. The second-order valence-electron chi connectivity index (χ2n) is 9.10. The highest BCUT2D eigenvalue weighted by molar-refractivity contribution is 5.71. The van der Waals surface area contributed by atoms with Crippen LogP contribution in [-0.4, -0.2) is 67.0 Å². The number of ether oxygens (including phenoxy) is 4. The van der Waals surface area contributed by atoms with Crippen LogP contribution >= 0.6 is 0 Å². The normalized spacial score (nSPS) is 16.1. The molecule has 8 nitrogen and oxygen atoms in total. The first-order valence-corrected chi connectivity index (χ1v) is 11.5. The van der Waals surface area contributed by atoms with Crippen molar-refractivity contribution in [3.63, 3.8) is 0 Å². The topological polar surface area (TPSA) is 77.5 Å². The summed E-state index contributed by atoms with van der Waals surface area (Å²) in [6.45, 7) is 7.12. The molecule has 1 fully saturated rings. The molecule has 3 rings (SSSR count). The van der Waals surface area contributed by atoms with Gasteiger partial charge in [0.25, 0.3) is 0 Å². The lowest BCUT2D eigenvalue weighted by Gasteiger charge is -2.41. The number of amides is 2. The number of piperazine rings is 1. The third-order valence-corrected chi connectivity index (χ3v) is 5.35. The van der Waals surface area contributed by atoms with Gasteiger partial charge < -0.3 is 28.7 Å². The Morgan fingerprint density at radius 1 is 0.941 bits per heavy atom. The van der Waals surface area contributed by atoms with Gasteiger partial charge in [-0.25, -0.2) is 9.59 Å². The van der Waals surface area contributed by atoms with E-state index in [9.17, 15) is 9.59 Å². The Morgan fingerprint density at radius 3 is 2.29 bits per heavy atom. The first-order valence-electron chi connectivity index (χ1n) is 11.5. The zero-order chi connectivity index (χ0) is 24.6. The van der Waals surface area contributed by atoms with Crippen LogP contribution in [0.3, 0.4) is 0 Å². The molecular weight excluding hydrogens is 436 g/mol. The molecule has 0 spiro atoms. The molecule has 0 N–H and O–H groups in total. The fourth-order valence-corrected chi connectivity index (χ4v) is 3.68. The quantitative estimate of drug-likeness (QED) is 0.583. The predicted molar refractivity (Wildman–Crippen MR) is 128 cm³/mol. The van der Waals surface area contributed by atoms with E-state index < -0.39 is 17.8 Å². The largest absolute Gasteiger partial charge is 0.493 e. The lowest BCUT2D eigenvalue weighted by molar-refractivity contribution is -0.00618. The van der Waals surface area contributed by atoms with Gasteiger partial charge in [-0.2, -0.15) is 0 Å². The average molecular weight is 471 g/mol. The zero-order valence-electron chi connectivity index (χ0n) is 20.4. The molecule has 2 amide bonds. The van der Waals surface area contributed by atoms with Crippen LogP contribution in [-0.2, 0) is 16.1 Å². The number of nitrogens with zero attached hydrogens (tertiary/aromatic N) is 2. The third-order valence-electron chi connectivity index (χ3n) is 5.35. The molecule has 2 aromatic carbocycles. The molecule has 2 aromatic rings. The van der Waals surface area contributed by atoms with Crippen LogP contribution in [0.1, 0.15) is 32.8 Å². The molecule has 184 valence electrons. The number of benzene rings is 2. The molecule has 0 radical (unpaired) electrons. The van der Waals surface area contributed by atoms with Crippen molar-refractivity contribution in [2.24, 2.45) is 0 Å². The van der Waals surface area contributed by atoms with Crippen molar-refractivity contribution in [2.75, 3.05) is 33.4 Å². The van der Waals surface area contributed by atoms with Crippen molar-refractivity contribution < 1.29 is 28.5 Å². The summed E-state index contributed by atoms with van der Waals surface area (Å²) >= 11 is 0. The molecule has 1 atom stereocenters. The molecular formula is C26H34N2O6. The van der Waals surface area contributed by atoms with Gasteiger partial charge in [-0.1, -0.05) is 42.5 Å². The maximum atomic E-state index is 12.9. The molecule has 8 heteroatoms. The Bertz CT molecular complexity index is 944. The summed E-state index contributed by atoms with van der Waals surface area (Å²) < 4.78 is 22.4. The van der Waals surface area contributed by atoms with E-state index in [4.69, 9.17) is 18.9 Å². The summed E-state index contributed by atoms with van der Waals surface area (Å²) in [5, 5.41) is 0. The van der Waals surface area contributed by atoms with Crippen LogP contribution in [0.15, 0.2) is 54.6 Å². The standard InChI is InChI=1S/C26H34N2O6/c1-26(2,3)34-25(30)28-16-15-27(24(29)33-19-20-10-6-5-7-11-20)18-21(28)14-17-32-23-13-9-8-12-22(23)31-4/h5-13,21H,14-19H2,1-4H3/t21-/m1/s1. The van der Waals surface area contributed by atoms with E-state index in [1.54, 1.807) is 16.9 Å². The van der Waals surface area contributed by atoms with Crippen molar-refractivity contribution in [3.05, 3.63) is 60.2 Å². The summed E-state index contributed by atoms with van der Waals surface area (Å²) in [4.78, 5) is 28.9. The minimum absolute atomic E-state index is 0.202. The van der Waals surface area contributed by atoms with Gasteiger partial charge in [-0.15, -0.1) is 0 Å². The molecule has 1 aliphatic heterocycles. The minimum Gasteiger partial charge on any atom is -0.493 e. The van der Waals surface area contributed by atoms with Crippen LogP contribution in [0.4, 0.5) is 9.59 Å². The second kappa shape index (κ2) is 11.6. The maximum Gasteiger partial charge on any atom is 0.410 e. The van der Waals surface area contributed by atoms with Crippen LogP contribution < -0.4 is 9.47 Å². The predicted octanol–water partition coefficient (Wildman–Crippen LogP) is 4.72. The van der Waals surface area contributed by atoms with E-state index in [0.717, 1.165) is 5.56 Å².